The monoisotopic (exact) mass is 357 g/mol. The lowest BCUT2D eigenvalue weighted by molar-refractivity contribution is -0.386. The van der Waals surface area contributed by atoms with E-state index in [4.69, 9.17) is 13.7 Å². The molecule has 0 aliphatic heterocycles. The third-order valence-electron chi connectivity index (χ3n) is 3.59. The van der Waals surface area contributed by atoms with Gasteiger partial charge in [0.15, 0.2) is 17.3 Å². The molecule has 0 atom stereocenters. The normalized spacial score (nSPS) is 10.5. The molecule has 0 unspecified atom stereocenters. The molecule has 0 bridgehead atoms. The van der Waals surface area contributed by atoms with Crippen molar-refractivity contribution in [3.63, 3.8) is 0 Å². The van der Waals surface area contributed by atoms with Crippen molar-refractivity contribution in [3.8, 4) is 5.75 Å². The van der Waals surface area contributed by atoms with Gasteiger partial charge in [0.05, 0.1) is 4.92 Å². The summed E-state index contributed by atoms with van der Waals surface area (Å²) >= 11 is 0. The first kappa shape index (κ1) is 17.2. The van der Waals surface area contributed by atoms with E-state index >= 15 is 0 Å². The number of para-hydroxylation sites is 2. The number of amides is 1. The highest BCUT2D eigenvalue weighted by molar-refractivity contribution is 6.02. The Morgan fingerprint density at radius 3 is 2.73 bits per heavy atom. The van der Waals surface area contributed by atoms with E-state index in [1.54, 1.807) is 32.0 Å². The lowest BCUT2D eigenvalue weighted by atomic mass is 10.3. The fraction of sp³-hybridized carbons (Fsp3) is 0.176. The second-order valence-corrected chi connectivity index (χ2v) is 5.43. The van der Waals surface area contributed by atoms with E-state index in [1.807, 2.05) is 0 Å². The minimum absolute atomic E-state index is 0.0521. The number of benzene rings is 1. The van der Waals surface area contributed by atoms with Gasteiger partial charge in [0.2, 0.25) is 0 Å². The summed E-state index contributed by atoms with van der Waals surface area (Å²) in [5.74, 6) is 0.576. The third kappa shape index (κ3) is 3.56. The summed E-state index contributed by atoms with van der Waals surface area (Å²) in [6.45, 7) is 3.34. The number of rotatable bonds is 6. The van der Waals surface area contributed by atoms with Gasteiger partial charge in [-0.3, -0.25) is 14.9 Å². The van der Waals surface area contributed by atoms with Crippen LogP contribution in [0.2, 0.25) is 0 Å². The van der Waals surface area contributed by atoms with Crippen LogP contribution in [0.3, 0.4) is 0 Å². The Morgan fingerprint density at radius 2 is 2.04 bits per heavy atom. The molecule has 0 fully saturated rings. The number of hydrogen-bond donors (Lipinski definition) is 1. The van der Waals surface area contributed by atoms with Gasteiger partial charge in [-0.15, -0.1) is 0 Å². The molecular weight excluding hydrogens is 342 g/mol. The average Bonchev–Trinajstić information content (AvgIpc) is 3.22. The molecule has 1 amide bonds. The van der Waals surface area contributed by atoms with Crippen LogP contribution < -0.4 is 10.1 Å². The molecule has 0 aliphatic rings. The number of hydrogen-bond acceptors (Lipinski definition) is 7. The van der Waals surface area contributed by atoms with Crippen LogP contribution in [0.4, 0.5) is 11.4 Å². The van der Waals surface area contributed by atoms with Crippen LogP contribution >= 0.6 is 0 Å². The molecule has 1 aromatic carbocycles. The van der Waals surface area contributed by atoms with Gasteiger partial charge < -0.3 is 19.0 Å². The molecule has 0 spiro atoms. The zero-order valence-electron chi connectivity index (χ0n) is 14.0. The Bertz CT molecular complexity index is 940. The van der Waals surface area contributed by atoms with Gasteiger partial charge in [0, 0.05) is 6.07 Å². The van der Waals surface area contributed by atoms with Gasteiger partial charge in [0.1, 0.15) is 23.7 Å². The smallest absolute Gasteiger partial charge is 0.310 e. The predicted molar refractivity (Wildman–Crippen MR) is 90.1 cm³/mol. The first-order chi connectivity index (χ1) is 12.5. The minimum Gasteiger partial charge on any atom is -0.479 e. The molecular formula is C17H15N3O6. The number of nitrogens with one attached hydrogen (secondary N) is 1. The van der Waals surface area contributed by atoms with Crippen LogP contribution in [0.1, 0.15) is 27.8 Å². The molecule has 3 aromatic rings. The summed E-state index contributed by atoms with van der Waals surface area (Å²) in [6.07, 6.45) is 0. The topological polar surface area (TPSA) is 121 Å². The molecule has 1 N–H and O–H groups in total. The van der Waals surface area contributed by atoms with Gasteiger partial charge in [-0.1, -0.05) is 17.3 Å². The van der Waals surface area contributed by atoms with Gasteiger partial charge in [-0.05, 0) is 32.0 Å². The molecule has 0 saturated heterocycles. The predicted octanol–water partition coefficient (Wildman–Crippen LogP) is 3.62. The Balaban J connectivity index is 1.67. The van der Waals surface area contributed by atoms with E-state index in [1.165, 1.54) is 18.2 Å². The zero-order valence-corrected chi connectivity index (χ0v) is 14.0. The molecule has 2 aromatic heterocycles. The first-order valence-corrected chi connectivity index (χ1v) is 7.65. The van der Waals surface area contributed by atoms with Crippen LogP contribution in [0.25, 0.3) is 0 Å². The van der Waals surface area contributed by atoms with Crippen LogP contribution in [0, 0.1) is 24.0 Å². The number of nitro benzene ring substituents is 1. The van der Waals surface area contributed by atoms with Crippen molar-refractivity contribution in [1.29, 1.82) is 0 Å². The maximum Gasteiger partial charge on any atom is 0.310 e. The Hall–Kier alpha value is -3.62. The van der Waals surface area contributed by atoms with E-state index in [0.717, 1.165) is 0 Å². The quantitative estimate of drug-likeness (QED) is 0.528. The number of anilines is 1. The van der Waals surface area contributed by atoms with Crippen molar-refractivity contribution in [1.82, 2.24) is 5.16 Å². The van der Waals surface area contributed by atoms with Crippen LogP contribution in [0.15, 0.2) is 45.3 Å². The van der Waals surface area contributed by atoms with Crippen molar-refractivity contribution in [2.24, 2.45) is 0 Å². The fourth-order valence-electron chi connectivity index (χ4n) is 2.29. The molecule has 26 heavy (non-hydrogen) atoms. The van der Waals surface area contributed by atoms with E-state index in [-0.39, 0.29) is 23.8 Å². The minimum atomic E-state index is -0.528. The number of carbonyl (C=O) groups excluding carboxylic acids is 1. The van der Waals surface area contributed by atoms with Gasteiger partial charge in [0.25, 0.3) is 5.91 Å². The molecule has 9 nitrogen and oxygen atoms in total. The number of nitro groups is 1. The summed E-state index contributed by atoms with van der Waals surface area (Å²) in [5, 5.41) is 17.4. The number of aromatic nitrogens is 1. The van der Waals surface area contributed by atoms with Gasteiger partial charge in [-0.2, -0.15) is 0 Å². The highest BCUT2D eigenvalue weighted by atomic mass is 16.6. The number of aryl methyl sites for hydroxylation is 2. The lowest BCUT2D eigenvalue weighted by Gasteiger charge is -2.05. The van der Waals surface area contributed by atoms with Crippen LogP contribution in [-0.2, 0) is 6.61 Å². The van der Waals surface area contributed by atoms with E-state index in [9.17, 15) is 14.9 Å². The molecule has 0 aliphatic carbocycles. The highest BCUT2D eigenvalue weighted by Gasteiger charge is 2.18. The Labute approximate surface area is 147 Å². The van der Waals surface area contributed by atoms with Crippen molar-refractivity contribution in [2.75, 3.05) is 5.32 Å². The maximum absolute atomic E-state index is 12.2. The largest absolute Gasteiger partial charge is 0.479 e. The second kappa shape index (κ2) is 7.09. The standard InChI is InChI=1S/C17H15N3O6/c1-10-16(11(2)26-19-10)18-17(21)15-8-7-12(25-15)9-24-14-6-4-3-5-13(14)20(22)23/h3-8H,9H2,1-2H3,(H,18,21). The Kier molecular flexibility index (Phi) is 4.70. The number of furan rings is 1. The van der Waals surface area contributed by atoms with Crippen LogP contribution in [-0.4, -0.2) is 16.0 Å². The summed E-state index contributed by atoms with van der Waals surface area (Å²) in [7, 11) is 0. The highest BCUT2D eigenvalue weighted by Crippen LogP contribution is 2.27. The van der Waals surface area contributed by atoms with Crippen molar-refractivity contribution in [2.45, 2.75) is 20.5 Å². The maximum atomic E-state index is 12.2. The lowest BCUT2D eigenvalue weighted by Crippen LogP contribution is -2.12. The van der Waals surface area contributed by atoms with Gasteiger partial charge in [-0.25, -0.2) is 0 Å². The summed E-state index contributed by atoms with van der Waals surface area (Å²) in [5.41, 5.74) is 0.905. The summed E-state index contributed by atoms with van der Waals surface area (Å²) in [4.78, 5) is 22.7. The van der Waals surface area contributed by atoms with E-state index < -0.39 is 10.8 Å². The molecule has 3 rings (SSSR count). The number of ether oxygens (including phenoxy) is 1. The van der Waals surface area contributed by atoms with Gasteiger partial charge >= 0.3 is 5.69 Å². The zero-order chi connectivity index (χ0) is 18.7. The third-order valence-corrected chi connectivity index (χ3v) is 3.59. The molecule has 9 heteroatoms. The number of nitrogens with zero attached hydrogens (tertiary/aromatic N) is 2. The molecule has 0 saturated carbocycles. The number of carbonyl (C=O) groups is 1. The first-order valence-electron chi connectivity index (χ1n) is 7.65. The molecule has 2 heterocycles. The van der Waals surface area contributed by atoms with Crippen LogP contribution in [0.5, 0.6) is 5.75 Å². The average molecular weight is 357 g/mol. The fourth-order valence-corrected chi connectivity index (χ4v) is 2.29. The van der Waals surface area contributed by atoms with Crippen molar-refractivity contribution < 1.29 is 23.4 Å². The van der Waals surface area contributed by atoms with Crippen molar-refractivity contribution in [3.05, 3.63) is 69.5 Å². The Morgan fingerprint density at radius 1 is 1.27 bits per heavy atom. The molecule has 134 valence electrons. The SMILES string of the molecule is Cc1noc(C)c1NC(=O)c1ccc(COc2ccccc2[N+](=O)[O-])o1. The molecule has 0 radical (unpaired) electrons. The summed E-state index contributed by atoms with van der Waals surface area (Å²) in [6, 6.07) is 9.08. The van der Waals surface area contributed by atoms with E-state index in [0.29, 0.717) is 22.9 Å². The summed E-state index contributed by atoms with van der Waals surface area (Å²) < 4.78 is 15.9. The van der Waals surface area contributed by atoms with E-state index in [2.05, 4.69) is 10.5 Å². The van der Waals surface area contributed by atoms with Crippen molar-refractivity contribution >= 4 is 17.3 Å². The second-order valence-electron chi connectivity index (χ2n) is 5.43.